The van der Waals surface area contributed by atoms with Gasteiger partial charge in [-0.25, -0.2) is 9.97 Å². The van der Waals surface area contributed by atoms with E-state index in [0.717, 1.165) is 16.8 Å². The van der Waals surface area contributed by atoms with Crippen LogP contribution in [0.25, 0.3) is 11.4 Å². The summed E-state index contributed by atoms with van der Waals surface area (Å²) in [7, 11) is 0. The van der Waals surface area contributed by atoms with Gasteiger partial charge in [-0.15, -0.1) is 11.8 Å². The van der Waals surface area contributed by atoms with Gasteiger partial charge >= 0.3 is 0 Å². The molecule has 2 N–H and O–H groups in total. The van der Waals surface area contributed by atoms with Crippen LogP contribution >= 0.6 is 11.8 Å². The van der Waals surface area contributed by atoms with Crippen molar-refractivity contribution in [3.63, 3.8) is 0 Å². The Bertz CT molecular complexity index is 929. The number of nitrogens with zero attached hydrogens (tertiary/aromatic N) is 2. The minimum atomic E-state index is -0.204. The summed E-state index contributed by atoms with van der Waals surface area (Å²) in [6.07, 6.45) is 3.14. The zero-order valence-electron chi connectivity index (χ0n) is 15.4. The first-order valence-electron chi connectivity index (χ1n) is 8.72. The molecule has 0 aliphatic heterocycles. The highest BCUT2D eigenvalue weighted by Gasteiger charge is 2.08. The maximum absolute atomic E-state index is 12.0. The maximum atomic E-state index is 12.0. The molecule has 0 aliphatic rings. The van der Waals surface area contributed by atoms with E-state index < -0.39 is 0 Å². The van der Waals surface area contributed by atoms with E-state index in [2.05, 4.69) is 20.6 Å². The van der Waals surface area contributed by atoms with E-state index in [4.69, 9.17) is 0 Å². The van der Waals surface area contributed by atoms with Gasteiger partial charge in [0.1, 0.15) is 0 Å². The molecule has 0 atom stereocenters. The van der Waals surface area contributed by atoms with Crippen molar-refractivity contribution in [1.82, 2.24) is 9.97 Å². The van der Waals surface area contributed by atoms with Crippen molar-refractivity contribution < 1.29 is 9.59 Å². The molecule has 7 heteroatoms. The summed E-state index contributed by atoms with van der Waals surface area (Å²) in [5.41, 5.74) is 3.31. The van der Waals surface area contributed by atoms with Gasteiger partial charge in [0.25, 0.3) is 0 Å². The van der Waals surface area contributed by atoms with E-state index in [-0.39, 0.29) is 23.3 Å². The average Bonchev–Trinajstić information content (AvgIpc) is 2.71. The van der Waals surface area contributed by atoms with Crippen LogP contribution in [0.15, 0.2) is 67.0 Å². The molecule has 0 saturated heterocycles. The number of amides is 2. The second-order valence-corrected chi connectivity index (χ2v) is 7.10. The van der Waals surface area contributed by atoms with E-state index in [1.54, 1.807) is 12.4 Å². The molecule has 0 spiro atoms. The summed E-state index contributed by atoms with van der Waals surface area (Å²) in [5, 5.41) is 5.54. The topological polar surface area (TPSA) is 84.0 Å². The molecule has 0 saturated carbocycles. The predicted octanol–water partition coefficient (Wildman–Crippen LogP) is 3.76. The SMILES string of the molecule is Cc1ccc(NC(=O)CSCC(=O)Nc2cnc(-c3ccccc3)nc2)cc1. The van der Waals surface area contributed by atoms with Crippen molar-refractivity contribution in [3.05, 3.63) is 72.6 Å². The summed E-state index contributed by atoms with van der Waals surface area (Å²) < 4.78 is 0. The molecule has 0 radical (unpaired) electrons. The van der Waals surface area contributed by atoms with Gasteiger partial charge < -0.3 is 10.6 Å². The first kappa shape index (κ1) is 19.6. The van der Waals surface area contributed by atoms with Gasteiger partial charge in [0.15, 0.2) is 5.82 Å². The van der Waals surface area contributed by atoms with Crippen LogP contribution in [-0.2, 0) is 9.59 Å². The van der Waals surface area contributed by atoms with Crippen molar-refractivity contribution in [2.24, 2.45) is 0 Å². The summed E-state index contributed by atoms with van der Waals surface area (Å²) in [5.74, 6) is 0.620. The van der Waals surface area contributed by atoms with Crippen LogP contribution < -0.4 is 10.6 Å². The first-order valence-corrected chi connectivity index (χ1v) is 9.87. The minimum Gasteiger partial charge on any atom is -0.325 e. The fraction of sp³-hybridized carbons (Fsp3) is 0.143. The van der Waals surface area contributed by atoms with E-state index in [9.17, 15) is 9.59 Å². The number of hydrogen-bond acceptors (Lipinski definition) is 5. The van der Waals surface area contributed by atoms with E-state index >= 15 is 0 Å². The summed E-state index contributed by atoms with van der Waals surface area (Å²) in [6.45, 7) is 1.99. The quantitative estimate of drug-likeness (QED) is 0.640. The smallest absolute Gasteiger partial charge is 0.234 e. The van der Waals surface area contributed by atoms with Crippen LogP contribution in [0.1, 0.15) is 5.56 Å². The summed E-state index contributed by atoms with van der Waals surface area (Å²) >= 11 is 1.25. The predicted molar refractivity (Wildman–Crippen MR) is 113 cm³/mol. The zero-order chi connectivity index (χ0) is 19.8. The van der Waals surface area contributed by atoms with Crippen molar-refractivity contribution in [3.8, 4) is 11.4 Å². The number of anilines is 2. The van der Waals surface area contributed by atoms with Gasteiger partial charge in [-0.05, 0) is 19.1 Å². The Hall–Kier alpha value is -3.19. The second kappa shape index (κ2) is 9.66. The molecule has 1 aromatic heterocycles. The molecule has 1 heterocycles. The number of rotatable bonds is 7. The molecule has 0 bridgehead atoms. The van der Waals surface area contributed by atoms with Gasteiger partial charge in [-0.2, -0.15) is 0 Å². The third-order valence-corrected chi connectivity index (χ3v) is 4.70. The second-order valence-electron chi connectivity index (χ2n) is 6.12. The highest BCUT2D eigenvalue weighted by atomic mass is 32.2. The van der Waals surface area contributed by atoms with Gasteiger partial charge in [0, 0.05) is 11.3 Å². The largest absolute Gasteiger partial charge is 0.325 e. The Morgan fingerprint density at radius 2 is 1.39 bits per heavy atom. The third kappa shape index (κ3) is 5.92. The van der Waals surface area contributed by atoms with Crippen LogP contribution in [0.3, 0.4) is 0 Å². The monoisotopic (exact) mass is 392 g/mol. The van der Waals surface area contributed by atoms with E-state index in [0.29, 0.717) is 11.5 Å². The molecule has 142 valence electrons. The molecule has 3 rings (SSSR count). The molecular formula is C21H20N4O2S. The number of hydrogen-bond donors (Lipinski definition) is 2. The first-order chi connectivity index (χ1) is 13.6. The molecule has 2 aromatic carbocycles. The fourth-order valence-corrected chi connectivity index (χ4v) is 3.01. The van der Waals surface area contributed by atoms with Gasteiger partial charge in [-0.3, -0.25) is 9.59 Å². The lowest BCUT2D eigenvalue weighted by molar-refractivity contribution is -0.114. The van der Waals surface area contributed by atoms with Crippen LogP contribution in [0.5, 0.6) is 0 Å². The molecule has 3 aromatic rings. The van der Waals surface area contributed by atoms with Crippen molar-refractivity contribution in [1.29, 1.82) is 0 Å². The molecule has 2 amide bonds. The minimum absolute atomic E-state index is 0.141. The van der Waals surface area contributed by atoms with Gasteiger partial charge in [0.05, 0.1) is 29.6 Å². The van der Waals surface area contributed by atoms with Crippen molar-refractivity contribution in [2.75, 3.05) is 22.1 Å². The molecule has 6 nitrogen and oxygen atoms in total. The van der Waals surface area contributed by atoms with Crippen molar-refractivity contribution in [2.45, 2.75) is 6.92 Å². The lowest BCUT2D eigenvalue weighted by Crippen LogP contribution is -2.18. The molecule has 0 fully saturated rings. The standard InChI is InChI=1S/C21H20N4O2S/c1-15-7-9-17(10-8-15)24-19(26)13-28-14-20(27)25-18-11-22-21(23-12-18)16-5-3-2-4-6-16/h2-12H,13-14H2,1H3,(H,24,26)(H,25,27). The number of aryl methyl sites for hydroxylation is 1. The maximum Gasteiger partial charge on any atom is 0.234 e. The van der Waals surface area contributed by atoms with E-state index in [1.807, 2.05) is 61.5 Å². The highest BCUT2D eigenvalue weighted by molar-refractivity contribution is 8.00. The van der Waals surface area contributed by atoms with Gasteiger partial charge in [-0.1, -0.05) is 48.0 Å². The van der Waals surface area contributed by atoms with Crippen molar-refractivity contribution >= 4 is 35.0 Å². The Morgan fingerprint density at radius 1 is 0.821 bits per heavy atom. The lowest BCUT2D eigenvalue weighted by atomic mass is 10.2. The Labute approximate surface area is 167 Å². The van der Waals surface area contributed by atoms with Crippen LogP contribution in [0, 0.1) is 6.92 Å². The number of carbonyl (C=O) groups excluding carboxylic acids is 2. The Kier molecular flexibility index (Phi) is 6.75. The zero-order valence-corrected chi connectivity index (χ0v) is 16.2. The Morgan fingerprint density at radius 3 is 2.00 bits per heavy atom. The molecule has 0 unspecified atom stereocenters. The fourth-order valence-electron chi connectivity index (χ4n) is 2.40. The number of nitrogens with one attached hydrogen (secondary N) is 2. The Balaban J connectivity index is 1.41. The third-order valence-electron chi connectivity index (χ3n) is 3.77. The highest BCUT2D eigenvalue weighted by Crippen LogP contribution is 2.15. The number of benzene rings is 2. The van der Waals surface area contributed by atoms with Gasteiger partial charge in [0.2, 0.25) is 11.8 Å². The number of aromatic nitrogens is 2. The number of carbonyl (C=O) groups is 2. The number of thioether (sulfide) groups is 1. The van der Waals surface area contributed by atoms with Crippen LogP contribution in [-0.4, -0.2) is 33.3 Å². The van der Waals surface area contributed by atoms with Crippen LogP contribution in [0.4, 0.5) is 11.4 Å². The van der Waals surface area contributed by atoms with Crippen LogP contribution in [0.2, 0.25) is 0 Å². The summed E-state index contributed by atoms with van der Waals surface area (Å²) in [4.78, 5) is 32.5. The molecule has 28 heavy (non-hydrogen) atoms. The normalized spacial score (nSPS) is 10.3. The lowest BCUT2D eigenvalue weighted by Gasteiger charge is -2.07. The molecular weight excluding hydrogens is 372 g/mol. The van der Waals surface area contributed by atoms with E-state index in [1.165, 1.54) is 11.8 Å². The molecule has 0 aliphatic carbocycles. The summed E-state index contributed by atoms with van der Waals surface area (Å²) in [6, 6.07) is 17.2. The average molecular weight is 392 g/mol.